The number of fused-ring (bicyclic) bond motifs is 6. The Hall–Kier alpha value is -8.41. The van der Waals surface area contributed by atoms with Gasteiger partial charge in [-0.2, -0.15) is 5.10 Å². The molecule has 0 amide bonds. The van der Waals surface area contributed by atoms with Gasteiger partial charge in [0.05, 0.1) is 22.6 Å². The summed E-state index contributed by atoms with van der Waals surface area (Å²) in [7, 11) is 0. The molecule has 8 aromatic carbocycles. The van der Waals surface area contributed by atoms with Gasteiger partial charge in [-0.25, -0.2) is 14.5 Å². The fourth-order valence-corrected chi connectivity index (χ4v) is 8.81. The summed E-state index contributed by atoms with van der Waals surface area (Å²) in [4.78, 5) is 10.4. The Labute approximate surface area is 357 Å². The molecule has 0 atom stereocenters. The molecule has 5 nitrogen and oxygen atoms in total. The second-order valence-corrected chi connectivity index (χ2v) is 15.6. The van der Waals surface area contributed by atoms with E-state index in [0.29, 0.717) is 5.82 Å². The summed E-state index contributed by atoms with van der Waals surface area (Å²) in [6.45, 7) is 0. The SMILES string of the molecule is c1ccc(-c2cc(-c3cccc(-c4nn5c(-c6ccccc6)cc6ccccc6c5c4-c4ccccc4)c3)nc(-c3ccc(-c4ccc5oc6ccccc6c5c4)cc3)n2)cc1. The van der Waals surface area contributed by atoms with Gasteiger partial charge in [0.25, 0.3) is 0 Å². The molecule has 0 spiro atoms. The van der Waals surface area contributed by atoms with Crippen LogP contribution in [-0.4, -0.2) is 19.6 Å². The van der Waals surface area contributed by atoms with Gasteiger partial charge in [-0.3, -0.25) is 0 Å². The highest BCUT2D eigenvalue weighted by Crippen LogP contribution is 2.42. The summed E-state index contributed by atoms with van der Waals surface area (Å²) in [6, 6.07) is 76.2. The van der Waals surface area contributed by atoms with Crippen molar-refractivity contribution in [1.82, 2.24) is 19.6 Å². The quantitative estimate of drug-likeness (QED) is 0.161. The molecular weight excluding hydrogens is 757 g/mol. The van der Waals surface area contributed by atoms with Crippen LogP contribution < -0.4 is 0 Å². The first-order valence-corrected chi connectivity index (χ1v) is 20.8. The zero-order chi connectivity index (χ0) is 41.0. The van der Waals surface area contributed by atoms with Crippen molar-refractivity contribution in [2.45, 2.75) is 0 Å². The zero-order valence-electron chi connectivity index (χ0n) is 33.5. The zero-order valence-corrected chi connectivity index (χ0v) is 33.5. The van der Waals surface area contributed by atoms with E-state index in [-0.39, 0.29) is 0 Å². The number of hydrogen-bond acceptors (Lipinski definition) is 4. The third kappa shape index (κ3) is 6.14. The highest BCUT2D eigenvalue weighted by Gasteiger charge is 2.22. The molecule has 5 heteroatoms. The minimum absolute atomic E-state index is 0.659. The van der Waals surface area contributed by atoms with E-state index >= 15 is 0 Å². The lowest BCUT2D eigenvalue weighted by molar-refractivity contribution is 0.669. The molecule has 0 aliphatic carbocycles. The first-order chi connectivity index (χ1) is 30.7. The summed E-state index contributed by atoms with van der Waals surface area (Å²) < 4.78 is 8.24. The monoisotopic (exact) mass is 792 g/mol. The molecule has 0 N–H and O–H groups in total. The standard InChI is InChI=1S/C57H36N4O/c1-4-15-38(16-5-1)49-36-50(59-57(58-49)41-29-27-37(28-30-41)42-31-32-53-48(34-42)47-25-12-13-26-52(47)62-53)44-22-14-23-45(33-44)55-54(40-19-8-3-9-20-40)56-46-24-11-10-21-43(46)35-51(61(56)60-55)39-17-6-2-7-18-39/h1-36H. The predicted octanol–water partition coefficient (Wildman–Crippen LogP) is 14.8. The van der Waals surface area contributed by atoms with Gasteiger partial charge in [-0.15, -0.1) is 0 Å². The molecule has 12 aromatic rings. The van der Waals surface area contributed by atoms with E-state index in [2.05, 4.69) is 193 Å². The third-order valence-corrected chi connectivity index (χ3v) is 11.8. The van der Waals surface area contributed by atoms with Crippen LogP contribution in [0.15, 0.2) is 223 Å². The smallest absolute Gasteiger partial charge is 0.160 e. The van der Waals surface area contributed by atoms with E-state index in [1.165, 1.54) is 5.39 Å². The Kier molecular flexibility index (Phi) is 8.42. The Morgan fingerprint density at radius 3 is 1.71 bits per heavy atom. The Bertz CT molecular complexity index is 3610. The molecule has 4 heterocycles. The molecule has 0 radical (unpaired) electrons. The van der Waals surface area contributed by atoms with Gasteiger partial charge in [0.2, 0.25) is 0 Å². The second kappa shape index (κ2) is 14.7. The van der Waals surface area contributed by atoms with E-state index in [4.69, 9.17) is 19.5 Å². The van der Waals surface area contributed by atoms with Crippen molar-refractivity contribution in [3.8, 4) is 78.7 Å². The van der Waals surface area contributed by atoms with Crippen LogP contribution in [0.5, 0.6) is 0 Å². The van der Waals surface area contributed by atoms with Crippen molar-refractivity contribution in [3.05, 3.63) is 218 Å². The van der Waals surface area contributed by atoms with Crippen LogP contribution in [-0.2, 0) is 0 Å². The Morgan fingerprint density at radius 2 is 0.935 bits per heavy atom. The van der Waals surface area contributed by atoms with Gasteiger partial charge in [-0.05, 0) is 58.5 Å². The number of hydrogen-bond donors (Lipinski definition) is 0. The minimum Gasteiger partial charge on any atom is -0.456 e. The maximum atomic E-state index is 6.10. The Balaban J connectivity index is 1.00. The second-order valence-electron chi connectivity index (χ2n) is 15.6. The predicted molar refractivity (Wildman–Crippen MR) is 254 cm³/mol. The van der Waals surface area contributed by atoms with Crippen LogP contribution in [0, 0.1) is 0 Å². The highest BCUT2D eigenvalue weighted by molar-refractivity contribution is 6.09. The van der Waals surface area contributed by atoms with Crippen LogP contribution in [0.1, 0.15) is 0 Å². The summed E-state index contributed by atoms with van der Waals surface area (Å²) in [5.74, 6) is 0.659. The fraction of sp³-hybridized carbons (Fsp3) is 0. The summed E-state index contributed by atoms with van der Waals surface area (Å²) in [5.41, 5.74) is 16.0. The number of nitrogens with zero attached hydrogens (tertiary/aromatic N) is 4. The first kappa shape index (κ1) is 35.5. The van der Waals surface area contributed by atoms with Crippen molar-refractivity contribution in [3.63, 3.8) is 0 Å². The topological polar surface area (TPSA) is 56.2 Å². The number of para-hydroxylation sites is 1. The summed E-state index contributed by atoms with van der Waals surface area (Å²) >= 11 is 0. The van der Waals surface area contributed by atoms with Crippen LogP contribution in [0.25, 0.3) is 117 Å². The molecule has 0 saturated heterocycles. The minimum atomic E-state index is 0.659. The molecule has 0 bridgehead atoms. The van der Waals surface area contributed by atoms with Crippen molar-refractivity contribution in [2.24, 2.45) is 0 Å². The molecular formula is C57H36N4O. The first-order valence-electron chi connectivity index (χ1n) is 20.8. The van der Waals surface area contributed by atoms with E-state index in [1.54, 1.807) is 0 Å². The van der Waals surface area contributed by atoms with Gasteiger partial charge < -0.3 is 4.42 Å². The summed E-state index contributed by atoms with van der Waals surface area (Å²) in [5, 5.41) is 10.0. The average molecular weight is 793 g/mol. The lowest BCUT2D eigenvalue weighted by Gasteiger charge is -2.11. The van der Waals surface area contributed by atoms with E-state index in [1.807, 2.05) is 30.3 Å². The third-order valence-electron chi connectivity index (χ3n) is 11.8. The maximum Gasteiger partial charge on any atom is 0.160 e. The largest absolute Gasteiger partial charge is 0.456 e. The molecule has 0 fully saturated rings. The van der Waals surface area contributed by atoms with E-state index in [9.17, 15) is 0 Å². The highest BCUT2D eigenvalue weighted by atomic mass is 16.3. The number of furan rings is 1. The molecule has 0 saturated carbocycles. The van der Waals surface area contributed by atoms with Crippen LogP contribution in [0.2, 0.25) is 0 Å². The number of pyridine rings is 1. The molecule has 290 valence electrons. The number of rotatable bonds is 7. The lowest BCUT2D eigenvalue weighted by Crippen LogP contribution is -1.96. The summed E-state index contributed by atoms with van der Waals surface area (Å²) in [6.07, 6.45) is 0. The van der Waals surface area contributed by atoms with E-state index in [0.717, 1.165) is 106 Å². The van der Waals surface area contributed by atoms with Crippen molar-refractivity contribution < 1.29 is 4.42 Å². The normalized spacial score (nSPS) is 11.5. The molecule has 4 aromatic heterocycles. The van der Waals surface area contributed by atoms with Gasteiger partial charge >= 0.3 is 0 Å². The molecule has 0 aliphatic heterocycles. The molecule has 62 heavy (non-hydrogen) atoms. The van der Waals surface area contributed by atoms with Gasteiger partial charge in [0, 0.05) is 49.5 Å². The number of benzene rings is 8. The molecule has 0 unspecified atom stereocenters. The van der Waals surface area contributed by atoms with Crippen LogP contribution >= 0.6 is 0 Å². The number of aromatic nitrogens is 4. The van der Waals surface area contributed by atoms with Gasteiger partial charge in [0.1, 0.15) is 16.9 Å². The lowest BCUT2D eigenvalue weighted by atomic mass is 9.95. The Morgan fingerprint density at radius 1 is 0.355 bits per heavy atom. The average Bonchev–Trinajstić information content (AvgIpc) is 3.94. The van der Waals surface area contributed by atoms with Crippen LogP contribution in [0.4, 0.5) is 0 Å². The van der Waals surface area contributed by atoms with Crippen molar-refractivity contribution >= 4 is 38.2 Å². The van der Waals surface area contributed by atoms with Crippen LogP contribution in [0.3, 0.4) is 0 Å². The fourth-order valence-electron chi connectivity index (χ4n) is 8.81. The molecule has 0 aliphatic rings. The van der Waals surface area contributed by atoms with Gasteiger partial charge in [-0.1, -0.05) is 182 Å². The maximum absolute atomic E-state index is 6.10. The van der Waals surface area contributed by atoms with Crippen molar-refractivity contribution in [2.75, 3.05) is 0 Å². The molecule has 12 rings (SSSR count). The van der Waals surface area contributed by atoms with Crippen molar-refractivity contribution in [1.29, 1.82) is 0 Å². The van der Waals surface area contributed by atoms with E-state index < -0.39 is 0 Å². The van der Waals surface area contributed by atoms with Gasteiger partial charge in [0.15, 0.2) is 5.82 Å².